The van der Waals surface area contributed by atoms with Crippen molar-refractivity contribution >= 4 is 21.8 Å². The lowest BCUT2D eigenvalue weighted by atomic mass is 9.99. The van der Waals surface area contributed by atoms with Crippen LogP contribution in [0.25, 0.3) is 0 Å². The Morgan fingerprint density at radius 2 is 2.33 bits per heavy atom. The number of carbonyl (C=O) groups is 1. The van der Waals surface area contributed by atoms with Crippen molar-refractivity contribution in [2.24, 2.45) is 0 Å². The predicted molar refractivity (Wildman–Crippen MR) is 77.6 cm³/mol. The average molecular weight is 310 g/mol. The minimum absolute atomic E-state index is 0.328. The van der Waals surface area contributed by atoms with Crippen molar-refractivity contribution in [1.29, 1.82) is 0 Å². The van der Waals surface area contributed by atoms with Gasteiger partial charge in [0.25, 0.3) is 0 Å². The van der Waals surface area contributed by atoms with Crippen LogP contribution in [0.2, 0.25) is 0 Å². The second-order valence-corrected chi connectivity index (χ2v) is 5.90. The van der Waals surface area contributed by atoms with Crippen molar-refractivity contribution < 1.29 is 4.79 Å². The van der Waals surface area contributed by atoms with E-state index in [0.29, 0.717) is 18.2 Å². The normalized spacial score (nSPS) is 19.2. The minimum atomic E-state index is 0.328. The van der Waals surface area contributed by atoms with Gasteiger partial charge in [0, 0.05) is 29.9 Å². The van der Waals surface area contributed by atoms with E-state index in [4.69, 9.17) is 0 Å². The maximum Gasteiger partial charge on any atom is 0.222 e. The van der Waals surface area contributed by atoms with Crippen molar-refractivity contribution in [1.82, 2.24) is 4.90 Å². The van der Waals surface area contributed by atoms with Crippen LogP contribution in [0.5, 0.6) is 0 Å². The molecular weight excluding hydrogens is 290 g/mol. The number of amides is 1. The molecule has 1 heterocycles. The summed E-state index contributed by atoms with van der Waals surface area (Å²) in [5, 5.41) is 0. The summed E-state index contributed by atoms with van der Waals surface area (Å²) >= 11 is 3.51. The van der Waals surface area contributed by atoms with Crippen molar-refractivity contribution in [3.05, 3.63) is 34.3 Å². The largest absolute Gasteiger partial charge is 0.342 e. The van der Waals surface area contributed by atoms with Gasteiger partial charge in [-0.25, -0.2) is 0 Å². The summed E-state index contributed by atoms with van der Waals surface area (Å²) in [6.45, 7) is 3.93. The molecule has 0 aliphatic carbocycles. The molecule has 1 unspecified atom stereocenters. The molecule has 2 nitrogen and oxygen atoms in total. The standard InChI is InChI=1S/C15H20BrNO/c1-2-3-7-15(18)17-9-8-13(11-17)12-5-4-6-14(16)10-12/h4-6,10,13H,2-3,7-9,11H2,1H3. The number of hydrogen-bond donors (Lipinski definition) is 0. The van der Waals surface area contributed by atoms with Crippen LogP contribution in [0.1, 0.15) is 44.1 Å². The predicted octanol–water partition coefficient (Wildman–Crippen LogP) is 3.96. The fourth-order valence-electron chi connectivity index (χ4n) is 2.51. The fraction of sp³-hybridized carbons (Fsp3) is 0.533. The Kier molecular flexibility index (Phi) is 4.81. The van der Waals surface area contributed by atoms with E-state index in [1.807, 2.05) is 11.0 Å². The van der Waals surface area contributed by atoms with Gasteiger partial charge in [0.2, 0.25) is 5.91 Å². The lowest BCUT2D eigenvalue weighted by molar-refractivity contribution is -0.130. The molecule has 0 radical (unpaired) electrons. The van der Waals surface area contributed by atoms with E-state index in [1.54, 1.807) is 0 Å². The summed E-state index contributed by atoms with van der Waals surface area (Å²) in [5.41, 5.74) is 1.34. The first-order valence-electron chi connectivity index (χ1n) is 6.74. The zero-order valence-corrected chi connectivity index (χ0v) is 12.4. The third kappa shape index (κ3) is 3.35. The molecule has 0 N–H and O–H groups in total. The first-order valence-corrected chi connectivity index (χ1v) is 7.53. The maximum absolute atomic E-state index is 12.0. The molecular formula is C15H20BrNO. The van der Waals surface area contributed by atoms with Gasteiger partial charge in [-0.2, -0.15) is 0 Å². The van der Waals surface area contributed by atoms with Gasteiger partial charge in [-0.15, -0.1) is 0 Å². The van der Waals surface area contributed by atoms with Crippen LogP contribution in [0.4, 0.5) is 0 Å². The zero-order chi connectivity index (χ0) is 13.0. The summed E-state index contributed by atoms with van der Waals surface area (Å²) in [7, 11) is 0. The summed E-state index contributed by atoms with van der Waals surface area (Å²) < 4.78 is 1.12. The van der Waals surface area contributed by atoms with Crippen LogP contribution in [-0.2, 0) is 4.79 Å². The minimum Gasteiger partial charge on any atom is -0.342 e. The highest BCUT2D eigenvalue weighted by molar-refractivity contribution is 9.10. The molecule has 3 heteroatoms. The molecule has 0 bridgehead atoms. The molecule has 1 aromatic rings. The molecule has 2 rings (SSSR count). The summed E-state index contributed by atoms with van der Waals surface area (Å²) in [6, 6.07) is 8.45. The lowest BCUT2D eigenvalue weighted by Crippen LogP contribution is -2.28. The van der Waals surface area contributed by atoms with E-state index >= 15 is 0 Å². The van der Waals surface area contributed by atoms with Crippen LogP contribution in [0.15, 0.2) is 28.7 Å². The fourth-order valence-corrected chi connectivity index (χ4v) is 2.92. The van der Waals surface area contributed by atoms with Gasteiger partial charge < -0.3 is 4.90 Å². The second-order valence-electron chi connectivity index (χ2n) is 4.98. The van der Waals surface area contributed by atoms with Crippen LogP contribution >= 0.6 is 15.9 Å². The molecule has 1 aliphatic rings. The van der Waals surface area contributed by atoms with Crippen molar-refractivity contribution in [2.75, 3.05) is 13.1 Å². The van der Waals surface area contributed by atoms with Gasteiger partial charge >= 0.3 is 0 Å². The average Bonchev–Trinajstić information content (AvgIpc) is 2.85. The zero-order valence-electron chi connectivity index (χ0n) is 10.9. The summed E-state index contributed by atoms with van der Waals surface area (Å²) in [5.74, 6) is 0.836. The number of unbranched alkanes of at least 4 members (excludes halogenated alkanes) is 1. The third-order valence-corrected chi connectivity index (χ3v) is 4.10. The highest BCUT2D eigenvalue weighted by Gasteiger charge is 2.26. The van der Waals surface area contributed by atoms with E-state index in [1.165, 1.54) is 5.56 Å². The molecule has 1 aromatic carbocycles. The number of hydrogen-bond acceptors (Lipinski definition) is 1. The number of nitrogens with zero attached hydrogens (tertiary/aromatic N) is 1. The maximum atomic E-state index is 12.0. The Morgan fingerprint density at radius 1 is 1.50 bits per heavy atom. The van der Waals surface area contributed by atoms with Crippen molar-refractivity contribution in [3.63, 3.8) is 0 Å². The highest BCUT2D eigenvalue weighted by Crippen LogP contribution is 2.29. The Morgan fingerprint density at radius 3 is 3.06 bits per heavy atom. The Labute approximate surface area is 117 Å². The van der Waals surface area contributed by atoms with Gasteiger partial charge in [0.15, 0.2) is 0 Å². The smallest absolute Gasteiger partial charge is 0.222 e. The quantitative estimate of drug-likeness (QED) is 0.824. The number of rotatable bonds is 4. The van der Waals surface area contributed by atoms with Gasteiger partial charge in [0.05, 0.1) is 0 Å². The van der Waals surface area contributed by atoms with E-state index in [-0.39, 0.29) is 0 Å². The number of halogens is 1. The van der Waals surface area contributed by atoms with E-state index in [9.17, 15) is 4.79 Å². The monoisotopic (exact) mass is 309 g/mol. The molecule has 18 heavy (non-hydrogen) atoms. The van der Waals surface area contributed by atoms with Gasteiger partial charge in [-0.1, -0.05) is 41.4 Å². The second kappa shape index (κ2) is 6.37. The Balaban J connectivity index is 1.94. The van der Waals surface area contributed by atoms with Crippen LogP contribution in [0.3, 0.4) is 0 Å². The molecule has 1 atom stereocenters. The Bertz CT molecular complexity index is 419. The number of benzene rings is 1. The first-order chi connectivity index (χ1) is 8.70. The van der Waals surface area contributed by atoms with Crippen molar-refractivity contribution in [3.8, 4) is 0 Å². The van der Waals surface area contributed by atoms with Crippen LogP contribution < -0.4 is 0 Å². The van der Waals surface area contributed by atoms with Gasteiger partial charge in [-0.3, -0.25) is 4.79 Å². The van der Waals surface area contributed by atoms with E-state index in [0.717, 1.165) is 36.8 Å². The van der Waals surface area contributed by atoms with Crippen LogP contribution in [0, 0.1) is 0 Å². The molecule has 1 fully saturated rings. The van der Waals surface area contributed by atoms with E-state index < -0.39 is 0 Å². The van der Waals surface area contributed by atoms with Crippen LogP contribution in [-0.4, -0.2) is 23.9 Å². The molecule has 0 aromatic heterocycles. The number of likely N-dealkylation sites (tertiary alicyclic amines) is 1. The molecule has 1 saturated heterocycles. The molecule has 1 amide bonds. The first kappa shape index (κ1) is 13.6. The highest BCUT2D eigenvalue weighted by atomic mass is 79.9. The third-order valence-electron chi connectivity index (χ3n) is 3.61. The van der Waals surface area contributed by atoms with Gasteiger partial charge in [0.1, 0.15) is 0 Å². The molecule has 0 spiro atoms. The summed E-state index contributed by atoms with van der Waals surface area (Å²) in [6.07, 6.45) is 3.90. The van der Waals surface area contributed by atoms with Gasteiger partial charge in [-0.05, 0) is 30.5 Å². The lowest BCUT2D eigenvalue weighted by Gasteiger charge is -2.16. The molecule has 98 valence electrons. The number of carbonyl (C=O) groups excluding carboxylic acids is 1. The molecule has 1 aliphatic heterocycles. The van der Waals surface area contributed by atoms with E-state index in [2.05, 4.69) is 41.1 Å². The summed E-state index contributed by atoms with van der Waals surface area (Å²) in [4.78, 5) is 14.0. The van der Waals surface area contributed by atoms with Crippen molar-refractivity contribution in [2.45, 2.75) is 38.5 Å². The topological polar surface area (TPSA) is 20.3 Å². The molecule has 0 saturated carbocycles. The SMILES string of the molecule is CCCCC(=O)N1CCC(c2cccc(Br)c2)C1. The Hall–Kier alpha value is -0.830.